The lowest BCUT2D eigenvalue weighted by Gasteiger charge is -1.78. The molecule has 1 heterocycles. The number of nitrogens with two attached hydrogens (primary N) is 1. The minimum absolute atomic E-state index is 0.358. The highest BCUT2D eigenvalue weighted by Crippen LogP contribution is 1.92. The Morgan fingerprint density at radius 1 is 2.14 bits per heavy atom. The largest absolute Gasteiger partial charge is 0.396 e. The number of hydrogen-bond acceptors (Lipinski definition) is 2. The molecule has 0 radical (unpaired) electrons. The van der Waals surface area contributed by atoms with Crippen molar-refractivity contribution in [1.29, 1.82) is 0 Å². The fraction of sp³-hybridized carbons (Fsp3) is 0.250. The van der Waals surface area contributed by atoms with E-state index in [4.69, 9.17) is 9.85 Å². The van der Waals surface area contributed by atoms with Gasteiger partial charge in [-0.25, -0.2) is 0 Å². The predicted octanol–water partition coefficient (Wildman–Crippen LogP) is 0.00230. The molecule has 0 aliphatic rings. The van der Waals surface area contributed by atoms with E-state index >= 15 is 0 Å². The number of anilines is 1. The van der Waals surface area contributed by atoms with Gasteiger partial charge in [-0.1, -0.05) is 0 Å². The molecule has 2 N–H and O–H groups in total. The van der Waals surface area contributed by atoms with Crippen molar-refractivity contribution in [2.24, 2.45) is 6.98 Å². The van der Waals surface area contributed by atoms with Crippen LogP contribution in [-0.2, 0) is 6.98 Å². The average Bonchev–Trinajstić information content (AvgIpc) is 2.11. The number of nitrogen functional groups attached to an aromatic ring is 1. The molecule has 0 unspecified atom stereocenters. The lowest BCUT2D eigenvalue weighted by molar-refractivity contribution is 0.768. The van der Waals surface area contributed by atoms with Crippen molar-refractivity contribution in [1.82, 2.24) is 9.78 Å². The topological polar surface area (TPSA) is 43.8 Å². The molecule has 0 saturated carbocycles. The standard InChI is InChI=1S/C4H7N3/c1-7-3-4(5)2-6-7/h2-3H,5H2,1H3/i1D3. The van der Waals surface area contributed by atoms with Gasteiger partial charge in [0.15, 0.2) is 0 Å². The first kappa shape index (κ1) is 1.86. The van der Waals surface area contributed by atoms with E-state index in [0.29, 0.717) is 5.69 Å². The second kappa shape index (κ2) is 1.26. The number of hydrogen-bond donors (Lipinski definition) is 1. The number of aromatic nitrogens is 2. The van der Waals surface area contributed by atoms with E-state index in [0.717, 1.165) is 4.68 Å². The number of aryl methyl sites for hydroxylation is 1. The zero-order valence-corrected chi connectivity index (χ0v) is 3.63. The fourth-order valence-corrected chi connectivity index (χ4v) is 0.337. The van der Waals surface area contributed by atoms with Gasteiger partial charge < -0.3 is 5.73 Å². The first-order valence-electron chi connectivity index (χ1n) is 3.31. The highest BCUT2D eigenvalue weighted by molar-refractivity contribution is 5.30. The molecule has 0 aliphatic heterocycles. The van der Waals surface area contributed by atoms with Crippen LogP contribution < -0.4 is 5.73 Å². The smallest absolute Gasteiger partial charge is 0.0719 e. The van der Waals surface area contributed by atoms with Gasteiger partial charge in [-0.2, -0.15) is 5.10 Å². The van der Waals surface area contributed by atoms with E-state index in [1.807, 2.05) is 0 Å². The average molecular weight is 100 g/mol. The molecule has 3 heteroatoms. The van der Waals surface area contributed by atoms with Gasteiger partial charge >= 0.3 is 0 Å². The van der Waals surface area contributed by atoms with E-state index < -0.39 is 6.98 Å². The molecule has 0 atom stereocenters. The summed E-state index contributed by atoms with van der Waals surface area (Å²) in [5.74, 6) is 0. The predicted molar refractivity (Wildman–Crippen MR) is 27.6 cm³/mol. The summed E-state index contributed by atoms with van der Waals surface area (Å²) in [5.41, 5.74) is 5.60. The van der Waals surface area contributed by atoms with Crippen molar-refractivity contribution in [3.05, 3.63) is 12.4 Å². The van der Waals surface area contributed by atoms with E-state index in [9.17, 15) is 0 Å². The number of nitrogens with zero attached hydrogens (tertiary/aromatic N) is 2. The second-order valence-corrected chi connectivity index (χ2v) is 1.22. The molecule has 0 spiro atoms. The molecule has 0 bridgehead atoms. The minimum atomic E-state index is -2.21. The second-order valence-electron chi connectivity index (χ2n) is 1.22. The Hall–Kier alpha value is -0.990. The van der Waals surface area contributed by atoms with Crippen LogP contribution in [0, 0.1) is 0 Å². The van der Waals surface area contributed by atoms with Gasteiger partial charge in [-0.15, -0.1) is 0 Å². The summed E-state index contributed by atoms with van der Waals surface area (Å²) in [7, 11) is 0. The fourth-order valence-electron chi connectivity index (χ4n) is 0.337. The van der Waals surface area contributed by atoms with Crippen LogP contribution >= 0.6 is 0 Å². The van der Waals surface area contributed by atoms with Crippen molar-refractivity contribution in [3.63, 3.8) is 0 Å². The van der Waals surface area contributed by atoms with Gasteiger partial charge in [0.2, 0.25) is 0 Å². The Kier molecular flexibility index (Phi) is 0.333. The highest BCUT2D eigenvalue weighted by Gasteiger charge is 1.82. The molecule has 0 fully saturated rings. The lowest BCUT2D eigenvalue weighted by Crippen LogP contribution is -1.84. The molecule has 0 aromatic carbocycles. The third kappa shape index (κ3) is 0.707. The molecule has 1 rings (SSSR count). The first-order chi connectivity index (χ1) is 4.50. The molecule has 3 nitrogen and oxygen atoms in total. The Bertz CT molecular complexity index is 226. The van der Waals surface area contributed by atoms with Crippen molar-refractivity contribution < 1.29 is 4.11 Å². The zero-order chi connectivity index (χ0) is 7.78. The summed E-state index contributed by atoms with van der Waals surface area (Å²) in [6.07, 6.45) is 2.57. The summed E-state index contributed by atoms with van der Waals surface area (Å²) >= 11 is 0. The molecular weight excluding hydrogens is 90.1 g/mol. The molecule has 0 saturated heterocycles. The quantitative estimate of drug-likeness (QED) is 0.498. The molecule has 1 aromatic heterocycles. The van der Waals surface area contributed by atoms with Crippen molar-refractivity contribution in [2.75, 3.05) is 5.73 Å². The minimum Gasteiger partial charge on any atom is -0.396 e. The van der Waals surface area contributed by atoms with E-state index in [1.165, 1.54) is 12.4 Å². The monoisotopic (exact) mass is 100 g/mol. The summed E-state index contributed by atoms with van der Waals surface area (Å²) in [6.45, 7) is -2.21. The van der Waals surface area contributed by atoms with Crippen molar-refractivity contribution in [2.45, 2.75) is 0 Å². The lowest BCUT2D eigenvalue weighted by atomic mass is 10.6. The third-order valence-electron chi connectivity index (χ3n) is 0.603. The van der Waals surface area contributed by atoms with Crippen LogP contribution in [0.15, 0.2) is 12.4 Å². The van der Waals surface area contributed by atoms with Crippen molar-refractivity contribution in [3.8, 4) is 0 Å². The summed E-state index contributed by atoms with van der Waals surface area (Å²) < 4.78 is 21.4. The highest BCUT2D eigenvalue weighted by atomic mass is 15.2. The van der Waals surface area contributed by atoms with Crippen LogP contribution in [0.3, 0.4) is 0 Å². The van der Waals surface area contributed by atoms with E-state index in [-0.39, 0.29) is 0 Å². The van der Waals surface area contributed by atoms with Crippen LogP contribution in [0.1, 0.15) is 4.11 Å². The van der Waals surface area contributed by atoms with Gasteiger partial charge in [0.25, 0.3) is 0 Å². The van der Waals surface area contributed by atoms with Gasteiger partial charge in [0.05, 0.1) is 11.9 Å². The maximum atomic E-state index is 6.86. The Balaban J connectivity index is 2.96. The summed E-state index contributed by atoms with van der Waals surface area (Å²) in [4.78, 5) is 0. The Morgan fingerprint density at radius 3 is 3.29 bits per heavy atom. The van der Waals surface area contributed by atoms with E-state index in [1.54, 1.807) is 0 Å². The zero-order valence-electron chi connectivity index (χ0n) is 6.63. The molecular formula is C4H7N3. The van der Waals surface area contributed by atoms with Crippen molar-refractivity contribution >= 4 is 5.69 Å². The molecule has 0 amide bonds. The van der Waals surface area contributed by atoms with Crippen LogP contribution in [0.2, 0.25) is 0 Å². The van der Waals surface area contributed by atoms with E-state index in [2.05, 4.69) is 5.10 Å². The van der Waals surface area contributed by atoms with Gasteiger partial charge in [0, 0.05) is 17.3 Å². The molecule has 1 aromatic rings. The number of rotatable bonds is 0. The third-order valence-corrected chi connectivity index (χ3v) is 0.603. The Labute approximate surface area is 46.0 Å². The SMILES string of the molecule is [2H]C([2H])([2H])n1cc(N)cn1. The van der Waals surface area contributed by atoms with Gasteiger partial charge in [-0.3, -0.25) is 4.68 Å². The van der Waals surface area contributed by atoms with Gasteiger partial charge in [0.1, 0.15) is 0 Å². The van der Waals surface area contributed by atoms with Crippen LogP contribution in [0.25, 0.3) is 0 Å². The van der Waals surface area contributed by atoms with Gasteiger partial charge in [-0.05, 0) is 0 Å². The molecule has 0 aliphatic carbocycles. The first-order valence-corrected chi connectivity index (χ1v) is 1.81. The molecule has 7 heavy (non-hydrogen) atoms. The van der Waals surface area contributed by atoms with Crippen LogP contribution in [-0.4, -0.2) is 9.78 Å². The summed E-state index contributed by atoms with van der Waals surface area (Å²) in [6, 6.07) is 0. The van der Waals surface area contributed by atoms with Crippen LogP contribution in [0.4, 0.5) is 5.69 Å². The maximum absolute atomic E-state index is 6.86. The molecule has 38 valence electrons. The summed E-state index contributed by atoms with van der Waals surface area (Å²) in [5, 5.41) is 3.52. The van der Waals surface area contributed by atoms with Crippen LogP contribution in [0.5, 0.6) is 0 Å². The maximum Gasteiger partial charge on any atom is 0.0719 e. The Morgan fingerprint density at radius 2 is 3.00 bits per heavy atom. The normalized spacial score (nSPS) is 17.4.